The second-order valence-corrected chi connectivity index (χ2v) is 6.40. The summed E-state index contributed by atoms with van der Waals surface area (Å²) in [6, 6.07) is 7.81. The molecule has 0 spiro atoms. The Hall–Kier alpha value is -2.50. The van der Waals surface area contributed by atoms with Crippen molar-refractivity contribution in [1.82, 2.24) is 15.3 Å². The minimum absolute atomic E-state index is 0.243. The number of benzene rings is 1. The summed E-state index contributed by atoms with van der Waals surface area (Å²) in [7, 11) is 0. The molecule has 0 saturated heterocycles. The fourth-order valence-electron chi connectivity index (χ4n) is 1.95. The van der Waals surface area contributed by atoms with Crippen LogP contribution in [-0.2, 0) is 6.54 Å². The molecule has 0 atom stereocenters. The molecule has 0 fully saturated rings. The zero-order chi connectivity index (χ0) is 17.0. The molecule has 0 bridgehead atoms. The molecule has 2 N–H and O–H groups in total. The predicted molar refractivity (Wildman–Crippen MR) is 87.7 cm³/mol. The summed E-state index contributed by atoms with van der Waals surface area (Å²) in [4.78, 5) is 20.7. The molecule has 2 aromatic rings. The number of halogens is 1. The molecule has 1 heterocycles. The van der Waals surface area contributed by atoms with E-state index in [4.69, 9.17) is 0 Å². The molecule has 2 rings (SSSR count). The van der Waals surface area contributed by atoms with Crippen LogP contribution in [0.4, 0.5) is 10.3 Å². The first kappa shape index (κ1) is 16.9. The van der Waals surface area contributed by atoms with Crippen LogP contribution in [0.3, 0.4) is 0 Å². The number of carbonyl (C=O) groups is 1. The molecule has 23 heavy (non-hydrogen) atoms. The minimum atomic E-state index is -0.336. The zero-order valence-corrected chi connectivity index (χ0v) is 13.8. The maximum Gasteiger partial charge on any atom is 0.270 e. The quantitative estimate of drug-likeness (QED) is 0.910. The number of aromatic nitrogens is 2. The van der Waals surface area contributed by atoms with Crippen LogP contribution in [0.5, 0.6) is 0 Å². The highest BCUT2D eigenvalue weighted by atomic mass is 19.1. The lowest BCUT2D eigenvalue weighted by atomic mass is 10.1. The fraction of sp³-hybridized carbons (Fsp3) is 0.353. The second kappa shape index (κ2) is 6.73. The van der Waals surface area contributed by atoms with Crippen molar-refractivity contribution in [2.45, 2.75) is 39.8 Å². The first-order valence-corrected chi connectivity index (χ1v) is 7.39. The van der Waals surface area contributed by atoms with Gasteiger partial charge in [-0.05, 0) is 51.5 Å². The summed E-state index contributed by atoms with van der Waals surface area (Å²) in [6.07, 6.45) is 0. The van der Waals surface area contributed by atoms with Crippen molar-refractivity contribution in [3.63, 3.8) is 0 Å². The van der Waals surface area contributed by atoms with Gasteiger partial charge in [0, 0.05) is 17.8 Å². The smallest absolute Gasteiger partial charge is 0.270 e. The van der Waals surface area contributed by atoms with Crippen LogP contribution in [0.15, 0.2) is 30.3 Å². The van der Waals surface area contributed by atoms with Crippen molar-refractivity contribution in [3.8, 4) is 0 Å². The molecule has 1 aromatic heterocycles. The van der Waals surface area contributed by atoms with Gasteiger partial charge in [0.2, 0.25) is 5.95 Å². The van der Waals surface area contributed by atoms with Crippen molar-refractivity contribution in [2.24, 2.45) is 0 Å². The predicted octanol–water partition coefficient (Wildman–Crippen LogP) is 3.06. The van der Waals surface area contributed by atoms with E-state index in [9.17, 15) is 9.18 Å². The third-order valence-corrected chi connectivity index (χ3v) is 2.94. The number of nitrogens with one attached hydrogen (secondary N) is 2. The fourth-order valence-corrected chi connectivity index (χ4v) is 1.95. The van der Waals surface area contributed by atoms with Gasteiger partial charge in [-0.3, -0.25) is 4.79 Å². The van der Waals surface area contributed by atoms with Crippen molar-refractivity contribution in [2.75, 3.05) is 5.32 Å². The Morgan fingerprint density at radius 3 is 2.43 bits per heavy atom. The standard InChI is InChI=1S/C17H21FN4O/c1-11-9-14(15(23)22-17(2,3)4)21-16(20-11)19-10-12-5-7-13(18)8-6-12/h5-9H,10H2,1-4H3,(H,22,23)(H,19,20,21). The van der Waals surface area contributed by atoms with Crippen LogP contribution < -0.4 is 10.6 Å². The van der Waals surface area contributed by atoms with E-state index in [-0.39, 0.29) is 17.3 Å². The summed E-state index contributed by atoms with van der Waals surface area (Å²) in [5.41, 5.74) is 1.57. The maximum absolute atomic E-state index is 12.9. The lowest BCUT2D eigenvalue weighted by Crippen LogP contribution is -2.41. The Labute approximate surface area is 135 Å². The summed E-state index contributed by atoms with van der Waals surface area (Å²) in [6.45, 7) is 7.98. The number of aryl methyl sites for hydroxylation is 1. The molecule has 1 aromatic carbocycles. The van der Waals surface area contributed by atoms with E-state index in [1.54, 1.807) is 25.1 Å². The number of carbonyl (C=O) groups excluding carboxylic acids is 1. The van der Waals surface area contributed by atoms with Gasteiger partial charge in [0.25, 0.3) is 5.91 Å². The Balaban J connectivity index is 2.10. The average Bonchev–Trinajstić information content (AvgIpc) is 2.44. The maximum atomic E-state index is 12.9. The first-order valence-electron chi connectivity index (χ1n) is 7.39. The summed E-state index contributed by atoms with van der Waals surface area (Å²) in [5.74, 6) is -0.150. The second-order valence-electron chi connectivity index (χ2n) is 6.40. The number of hydrogen-bond donors (Lipinski definition) is 2. The molecular weight excluding hydrogens is 295 g/mol. The van der Waals surface area contributed by atoms with E-state index in [0.717, 1.165) is 5.56 Å². The summed E-state index contributed by atoms with van der Waals surface area (Å²) < 4.78 is 12.9. The van der Waals surface area contributed by atoms with Crippen molar-refractivity contribution in [3.05, 3.63) is 53.1 Å². The largest absolute Gasteiger partial charge is 0.350 e. The van der Waals surface area contributed by atoms with Crippen LogP contribution in [0.1, 0.15) is 42.5 Å². The molecule has 0 unspecified atom stereocenters. The topological polar surface area (TPSA) is 66.9 Å². The molecule has 0 aliphatic rings. The van der Waals surface area contributed by atoms with Gasteiger partial charge in [-0.2, -0.15) is 0 Å². The first-order chi connectivity index (χ1) is 10.7. The highest BCUT2D eigenvalue weighted by molar-refractivity contribution is 5.93. The third kappa shape index (κ3) is 5.32. The molecule has 1 amide bonds. The van der Waals surface area contributed by atoms with Gasteiger partial charge >= 0.3 is 0 Å². The summed E-state index contributed by atoms with van der Waals surface area (Å²) in [5, 5.41) is 5.93. The van der Waals surface area contributed by atoms with Gasteiger partial charge in [-0.15, -0.1) is 0 Å². The number of rotatable bonds is 4. The van der Waals surface area contributed by atoms with Crippen LogP contribution >= 0.6 is 0 Å². The number of amides is 1. The molecule has 0 aliphatic heterocycles. The zero-order valence-electron chi connectivity index (χ0n) is 13.8. The molecule has 122 valence electrons. The number of hydrogen-bond acceptors (Lipinski definition) is 4. The van der Waals surface area contributed by atoms with E-state index >= 15 is 0 Å². The van der Waals surface area contributed by atoms with Gasteiger partial charge in [0.1, 0.15) is 11.5 Å². The number of anilines is 1. The van der Waals surface area contributed by atoms with Gasteiger partial charge in [0.15, 0.2) is 0 Å². The van der Waals surface area contributed by atoms with Crippen molar-refractivity contribution in [1.29, 1.82) is 0 Å². The summed E-state index contributed by atoms with van der Waals surface area (Å²) >= 11 is 0. The molecular formula is C17H21FN4O. The molecule has 6 heteroatoms. The van der Waals surface area contributed by atoms with E-state index in [2.05, 4.69) is 20.6 Å². The Kier molecular flexibility index (Phi) is 4.93. The van der Waals surface area contributed by atoms with Gasteiger partial charge < -0.3 is 10.6 Å². The SMILES string of the molecule is Cc1cc(C(=O)NC(C)(C)C)nc(NCc2ccc(F)cc2)n1. The van der Waals surface area contributed by atoms with Gasteiger partial charge in [-0.1, -0.05) is 12.1 Å². The van der Waals surface area contributed by atoms with Gasteiger partial charge in [0.05, 0.1) is 0 Å². The Morgan fingerprint density at radius 2 is 1.83 bits per heavy atom. The van der Waals surface area contributed by atoms with Crippen LogP contribution in [0.25, 0.3) is 0 Å². The van der Waals surface area contributed by atoms with Crippen molar-refractivity contribution < 1.29 is 9.18 Å². The van der Waals surface area contributed by atoms with Crippen molar-refractivity contribution >= 4 is 11.9 Å². The van der Waals surface area contributed by atoms with Crippen LogP contribution in [-0.4, -0.2) is 21.4 Å². The molecule has 0 aliphatic carbocycles. The molecule has 0 saturated carbocycles. The van der Waals surface area contributed by atoms with E-state index in [1.807, 2.05) is 20.8 Å². The Morgan fingerprint density at radius 1 is 1.17 bits per heavy atom. The molecule has 0 radical (unpaired) electrons. The van der Waals surface area contributed by atoms with E-state index in [0.29, 0.717) is 23.9 Å². The monoisotopic (exact) mass is 316 g/mol. The molecule has 5 nitrogen and oxygen atoms in total. The normalized spacial score (nSPS) is 11.2. The van der Waals surface area contributed by atoms with Crippen LogP contribution in [0, 0.1) is 12.7 Å². The van der Waals surface area contributed by atoms with E-state index in [1.165, 1.54) is 12.1 Å². The highest BCUT2D eigenvalue weighted by Gasteiger charge is 2.17. The highest BCUT2D eigenvalue weighted by Crippen LogP contribution is 2.10. The minimum Gasteiger partial charge on any atom is -0.350 e. The van der Waals surface area contributed by atoms with Crippen LogP contribution in [0.2, 0.25) is 0 Å². The third-order valence-electron chi connectivity index (χ3n) is 2.94. The average molecular weight is 316 g/mol. The lowest BCUT2D eigenvalue weighted by Gasteiger charge is -2.20. The van der Waals surface area contributed by atoms with Gasteiger partial charge in [-0.25, -0.2) is 14.4 Å². The Bertz CT molecular complexity index is 693. The van der Waals surface area contributed by atoms with E-state index < -0.39 is 0 Å². The number of nitrogens with zero attached hydrogens (tertiary/aromatic N) is 2. The lowest BCUT2D eigenvalue weighted by molar-refractivity contribution is 0.0914.